The molecule has 3 rings (SSSR count). The van der Waals surface area contributed by atoms with E-state index in [0.29, 0.717) is 6.16 Å². The molecule has 0 aliphatic carbocycles. The summed E-state index contributed by atoms with van der Waals surface area (Å²) in [6.07, 6.45) is 0.691. The van der Waals surface area contributed by atoms with Crippen molar-refractivity contribution in [2.45, 2.75) is 0 Å². The summed E-state index contributed by atoms with van der Waals surface area (Å²) in [6.45, 7) is -2.73. The summed E-state index contributed by atoms with van der Waals surface area (Å²) < 4.78 is 0. The minimum atomic E-state index is -3.54. The Morgan fingerprint density at radius 3 is 1.24 bits per heavy atom. The van der Waals surface area contributed by atoms with E-state index in [9.17, 15) is 4.89 Å². The molecule has 0 saturated heterocycles. The molecule has 25 heavy (non-hydrogen) atoms. The second-order valence-corrected chi connectivity index (χ2v) is 11.3. The second-order valence-electron chi connectivity index (χ2n) is 6.78. The van der Waals surface area contributed by atoms with Crippen LogP contribution < -0.4 is 15.9 Å². The Morgan fingerprint density at radius 2 is 0.960 bits per heavy atom. The molecule has 0 aliphatic heterocycles. The van der Waals surface area contributed by atoms with E-state index in [4.69, 9.17) is 0 Å². The molecule has 0 spiro atoms. The molecule has 3 aromatic carbocycles. The fourth-order valence-corrected chi connectivity index (χ4v) is 8.38. The average Bonchev–Trinajstić information content (AvgIpc) is 2.68. The van der Waals surface area contributed by atoms with Crippen LogP contribution in [0.25, 0.3) is 0 Å². The van der Waals surface area contributed by atoms with E-state index in [2.05, 4.69) is 55.4 Å². The van der Waals surface area contributed by atoms with Gasteiger partial charge in [0.25, 0.3) is 0 Å². The molecule has 2 nitrogen and oxygen atoms in total. The second kappa shape index (κ2) is 7.09. The van der Waals surface area contributed by atoms with Crippen LogP contribution in [0.2, 0.25) is 0 Å². The van der Waals surface area contributed by atoms with Crippen LogP contribution in [-0.4, -0.2) is 36.6 Å². The Morgan fingerprint density at radius 1 is 0.640 bits per heavy atom. The summed E-state index contributed by atoms with van der Waals surface area (Å²) >= 11 is 0. The average molecular weight is 351 g/mol. The fraction of sp³-hybridized carbons (Fsp3) is 0.182. The molecule has 0 radical (unpaired) electrons. The third-order valence-electron chi connectivity index (χ3n) is 4.92. The molecule has 0 bridgehead atoms. The van der Waals surface area contributed by atoms with Crippen LogP contribution in [0.5, 0.6) is 0 Å². The number of nitrogens with zero attached hydrogens (tertiary/aromatic N) is 1. The minimum absolute atomic E-state index is 0.691. The zero-order valence-corrected chi connectivity index (χ0v) is 15.8. The van der Waals surface area contributed by atoms with Gasteiger partial charge >= 0.3 is 150 Å². The van der Waals surface area contributed by atoms with Crippen LogP contribution in [-0.2, 0) is 0 Å². The van der Waals surface area contributed by atoms with Gasteiger partial charge in [0.2, 0.25) is 0 Å². The van der Waals surface area contributed by atoms with E-state index in [1.54, 1.807) is 0 Å². The van der Waals surface area contributed by atoms with E-state index < -0.39 is 6.83 Å². The first-order valence-electron chi connectivity index (χ1n) is 8.63. The van der Waals surface area contributed by atoms with E-state index in [0.717, 1.165) is 22.5 Å². The Labute approximate surface area is 150 Å². The van der Waals surface area contributed by atoms with E-state index in [1.807, 2.05) is 54.6 Å². The number of benzene rings is 3. The monoisotopic (exact) mass is 351 g/mol. The number of hydrogen-bond donors (Lipinski definition) is 1. The molecule has 3 heteroatoms. The van der Waals surface area contributed by atoms with Crippen molar-refractivity contribution >= 4 is 22.7 Å². The summed E-state index contributed by atoms with van der Waals surface area (Å²) in [6, 6.07) is 30.6. The Kier molecular flexibility index (Phi) is 5.06. The van der Waals surface area contributed by atoms with Crippen LogP contribution in [0.4, 0.5) is 0 Å². The molecule has 130 valence electrons. The van der Waals surface area contributed by atoms with Gasteiger partial charge in [-0.05, 0) is 0 Å². The first-order valence-corrected chi connectivity index (χ1v) is 11.0. The van der Waals surface area contributed by atoms with E-state index in [1.165, 1.54) is 0 Å². The van der Waals surface area contributed by atoms with Gasteiger partial charge in [-0.1, -0.05) is 0 Å². The summed E-state index contributed by atoms with van der Waals surface area (Å²) in [5.74, 6) is 0. The molecule has 0 heterocycles. The van der Waals surface area contributed by atoms with E-state index >= 15 is 0 Å². The molecule has 0 aliphatic rings. The third kappa shape index (κ3) is 3.14. The van der Waals surface area contributed by atoms with Crippen molar-refractivity contribution in [2.24, 2.45) is 0 Å². The van der Waals surface area contributed by atoms with Crippen molar-refractivity contribution in [1.29, 1.82) is 0 Å². The van der Waals surface area contributed by atoms with Gasteiger partial charge in [0.05, 0.1) is 0 Å². The van der Waals surface area contributed by atoms with Gasteiger partial charge in [-0.15, -0.1) is 0 Å². The van der Waals surface area contributed by atoms with Gasteiger partial charge in [-0.2, -0.15) is 0 Å². The molecular formula is C22H26NOP. The molecule has 0 aromatic heterocycles. The van der Waals surface area contributed by atoms with Crippen molar-refractivity contribution in [1.82, 2.24) is 4.90 Å². The standard InChI is InChI=1S/C22H26NOP/c1-23(2)18-19-25(24,20-12-6-3-7-13-20,21-14-8-4-9-15-21)22-16-10-5-11-17-22/h3-17,24H,18-19H2,1-2H3. The van der Waals surface area contributed by atoms with Gasteiger partial charge in [0.1, 0.15) is 0 Å². The quantitative estimate of drug-likeness (QED) is 0.690. The molecular weight excluding hydrogens is 325 g/mol. The van der Waals surface area contributed by atoms with Crippen molar-refractivity contribution in [3.05, 3.63) is 91.0 Å². The summed E-state index contributed by atoms with van der Waals surface area (Å²) in [4.78, 5) is 14.9. The Hall–Kier alpha value is -1.99. The maximum absolute atomic E-state index is 12.7. The van der Waals surface area contributed by atoms with Crippen LogP contribution >= 0.6 is 6.83 Å². The Balaban J connectivity index is 2.36. The first-order chi connectivity index (χ1) is 12.1. The SMILES string of the molecule is CN(C)CCP(O)(c1ccccc1)(c1ccccc1)c1ccccc1. The molecule has 0 atom stereocenters. The predicted molar refractivity (Wildman–Crippen MR) is 111 cm³/mol. The third-order valence-corrected chi connectivity index (χ3v) is 10.2. The molecule has 3 aromatic rings. The number of rotatable bonds is 6. The van der Waals surface area contributed by atoms with Crippen molar-refractivity contribution in [2.75, 3.05) is 26.8 Å². The van der Waals surface area contributed by atoms with Crippen LogP contribution in [0, 0.1) is 0 Å². The molecule has 1 N–H and O–H groups in total. The Bertz CT molecular complexity index is 704. The van der Waals surface area contributed by atoms with Gasteiger partial charge in [0, 0.05) is 0 Å². The molecule has 0 fully saturated rings. The van der Waals surface area contributed by atoms with Crippen molar-refractivity contribution in [3.8, 4) is 0 Å². The van der Waals surface area contributed by atoms with Gasteiger partial charge in [0.15, 0.2) is 0 Å². The van der Waals surface area contributed by atoms with Crippen LogP contribution in [0.3, 0.4) is 0 Å². The molecule has 0 amide bonds. The molecule has 0 saturated carbocycles. The van der Waals surface area contributed by atoms with Gasteiger partial charge < -0.3 is 0 Å². The van der Waals surface area contributed by atoms with E-state index in [-0.39, 0.29) is 0 Å². The molecule has 0 unspecified atom stereocenters. The fourth-order valence-electron chi connectivity index (χ4n) is 3.48. The van der Waals surface area contributed by atoms with Gasteiger partial charge in [-0.3, -0.25) is 0 Å². The zero-order chi connectivity index (χ0) is 17.8. The summed E-state index contributed by atoms with van der Waals surface area (Å²) in [5, 5.41) is 3.06. The van der Waals surface area contributed by atoms with Crippen molar-refractivity contribution < 1.29 is 4.89 Å². The summed E-state index contributed by atoms with van der Waals surface area (Å²) in [7, 11) is 4.12. The zero-order valence-electron chi connectivity index (χ0n) is 14.9. The first kappa shape index (κ1) is 17.8. The number of hydrogen-bond acceptors (Lipinski definition) is 2. The van der Waals surface area contributed by atoms with Crippen LogP contribution in [0.1, 0.15) is 0 Å². The van der Waals surface area contributed by atoms with Crippen LogP contribution in [0.15, 0.2) is 91.0 Å². The summed E-state index contributed by atoms with van der Waals surface area (Å²) in [5.41, 5.74) is 0. The van der Waals surface area contributed by atoms with Gasteiger partial charge in [-0.25, -0.2) is 0 Å². The predicted octanol–water partition coefficient (Wildman–Crippen LogP) is 2.99. The van der Waals surface area contributed by atoms with Crippen molar-refractivity contribution in [3.63, 3.8) is 0 Å². The topological polar surface area (TPSA) is 23.5 Å². The normalized spacial score (nSPS) is 13.4. The maximum atomic E-state index is 12.7.